The van der Waals surface area contributed by atoms with E-state index < -0.39 is 0 Å². The number of amides is 1. The first kappa shape index (κ1) is 19.6. The zero-order valence-corrected chi connectivity index (χ0v) is 18.3. The third kappa shape index (κ3) is 3.86. The van der Waals surface area contributed by atoms with E-state index in [0.717, 1.165) is 53.9 Å². The van der Waals surface area contributed by atoms with Crippen molar-refractivity contribution < 1.29 is 4.79 Å². The summed E-state index contributed by atoms with van der Waals surface area (Å²) in [6.07, 6.45) is 5.55. The Labute approximate surface area is 183 Å². The van der Waals surface area contributed by atoms with Crippen LogP contribution in [0, 0.1) is 0 Å². The van der Waals surface area contributed by atoms with Crippen molar-refractivity contribution >= 4 is 50.6 Å². The number of thiophene rings is 1. The molecule has 2 aromatic heterocycles. The summed E-state index contributed by atoms with van der Waals surface area (Å²) in [6.45, 7) is 2.07. The third-order valence-electron chi connectivity index (χ3n) is 5.72. The number of carbonyl (C=O) groups excluding carboxylic acids is 1. The van der Waals surface area contributed by atoms with Gasteiger partial charge in [0, 0.05) is 18.0 Å². The molecular weight excluding hydrogens is 416 g/mol. The van der Waals surface area contributed by atoms with Gasteiger partial charge in [-0.15, -0.1) is 23.1 Å². The summed E-state index contributed by atoms with van der Waals surface area (Å²) in [7, 11) is 0. The van der Waals surface area contributed by atoms with Crippen LogP contribution in [-0.4, -0.2) is 34.7 Å². The Bertz CT molecular complexity index is 1150. The second-order valence-electron chi connectivity index (χ2n) is 7.80. The van der Waals surface area contributed by atoms with Gasteiger partial charge < -0.3 is 15.2 Å². The van der Waals surface area contributed by atoms with Gasteiger partial charge in [0.05, 0.1) is 28.3 Å². The van der Waals surface area contributed by atoms with Crippen LogP contribution in [0.5, 0.6) is 0 Å². The molecule has 0 atom stereocenters. The van der Waals surface area contributed by atoms with Gasteiger partial charge in [-0.05, 0) is 49.8 Å². The zero-order valence-electron chi connectivity index (χ0n) is 16.7. The van der Waals surface area contributed by atoms with Gasteiger partial charge >= 0.3 is 0 Å². The predicted octanol–water partition coefficient (Wildman–Crippen LogP) is 3.95. The van der Waals surface area contributed by atoms with Crippen LogP contribution < -0.4 is 15.8 Å². The van der Waals surface area contributed by atoms with Crippen LogP contribution in [0.1, 0.15) is 35.5 Å². The number of aryl methyl sites for hydroxylation is 2. The highest BCUT2D eigenvalue weighted by molar-refractivity contribution is 7.99. The number of H-pyrrole nitrogens is 1. The smallest absolute Gasteiger partial charge is 0.259 e. The Kier molecular flexibility index (Phi) is 5.52. The number of benzene rings is 1. The van der Waals surface area contributed by atoms with E-state index in [1.54, 1.807) is 11.3 Å². The maximum absolute atomic E-state index is 12.5. The van der Waals surface area contributed by atoms with E-state index >= 15 is 0 Å². The molecule has 1 amide bonds. The Hall–Kier alpha value is -2.32. The topological polar surface area (TPSA) is 78.1 Å². The zero-order chi connectivity index (χ0) is 20.5. The molecule has 3 aromatic rings. The lowest BCUT2D eigenvalue weighted by molar-refractivity contribution is -0.113. The van der Waals surface area contributed by atoms with Crippen molar-refractivity contribution in [2.45, 2.75) is 37.9 Å². The maximum atomic E-state index is 12.5. The molecular formula is C22H24N4O2S2. The van der Waals surface area contributed by atoms with Crippen molar-refractivity contribution in [2.75, 3.05) is 29.1 Å². The number of hydrogen-bond acceptors (Lipinski definition) is 6. The molecule has 6 nitrogen and oxygen atoms in total. The van der Waals surface area contributed by atoms with Gasteiger partial charge in [-0.25, -0.2) is 4.98 Å². The fraction of sp³-hybridized carbons (Fsp3) is 0.409. The molecule has 0 unspecified atom stereocenters. The first-order valence-corrected chi connectivity index (χ1v) is 12.4. The first-order valence-electron chi connectivity index (χ1n) is 10.4. The number of aromatic amines is 1. The molecule has 1 fully saturated rings. The highest BCUT2D eigenvalue weighted by Gasteiger charge is 2.21. The minimum atomic E-state index is -0.0426. The van der Waals surface area contributed by atoms with Crippen molar-refractivity contribution in [1.29, 1.82) is 0 Å². The van der Waals surface area contributed by atoms with Crippen molar-refractivity contribution in [2.24, 2.45) is 0 Å². The monoisotopic (exact) mass is 440 g/mol. The van der Waals surface area contributed by atoms with Crippen molar-refractivity contribution in [3.05, 3.63) is 50.9 Å². The van der Waals surface area contributed by atoms with Crippen LogP contribution in [0.15, 0.2) is 29.1 Å². The first-order chi connectivity index (χ1) is 14.7. The average Bonchev–Trinajstić information content (AvgIpc) is 3.45. The third-order valence-corrected chi connectivity index (χ3v) is 7.85. The molecule has 2 N–H and O–H groups in total. The Balaban J connectivity index is 1.21. The molecule has 2 aliphatic rings. The summed E-state index contributed by atoms with van der Waals surface area (Å²) in [6, 6.07) is 7.98. The van der Waals surface area contributed by atoms with Crippen molar-refractivity contribution in [3.8, 4) is 0 Å². The van der Waals surface area contributed by atoms with Crippen LogP contribution in [0.3, 0.4) is 0 Å². The molecule has 1 aromatic carbocycles. The minimum Gasteiger partial charge on any atom is -0.370 e. The molecule has 1 saturated heterocycles. The number of anilines is 2. The summed E-state index contributed by atoms with van der Waals surface area (Å²) >= 11 is 3.11. The molecule has 0 saturated carbocycles. The van der Waals surface area contributed by atoms with Gasteiger partial charge in [0.1, 0.15) is 10.7 Å². The number of nitrogens with zero attached hydrogens (tertiary/aromatic N) is 2. The standard InChI is InChI=1S/C22H24N4O2S2/c27-19(23-15-7-1-2-8-16(15)26-10-3-4-11-26)13-29-12-18-24-21(28)20-14-6-5-9-17(14)30-22(20)25-18/h1-2,7-8H,3-6,9-13H2,(H,23,27)(H,24,25,28). The Morgan fingerprint density at radius 2 is 2.03 bits per heavy atom. The summed E-state index contributed by atoms with van der Waals surface area (Å²) in [5.74, 6) is 1.43. The van der Waals surface area contributed by atoms with Crippen LogP contribution in [0.4, 0.5) is 11.4 Å². The van der Waals surface area contributed by atoms with Gasteiger partial charge in [0.2, 0.25) is 5.91 Å². The van der Waals surface area contributed by atoms with Gasteiger partial charge in [-0.3, -0.25) is 9.59 Å². The van der Waals surface area contributed by atoms with E-state index in [9.17, 15) is 9.59 Å². The molecule has 1 aliphatic heterocycles. The lowest BCUT2D eigenvalue weighted by Gasteiger charge is -2.21. The van der Waals surface area contributed by atoms with Crippen LogP contribution >= 0.6 is 23.1 Å². The molecule has 0 radical (unpaired) electrons. The largest absolute Gasteiger partial charge is 0.370 e. The molecule has 1 aliphatic carbocycles. The highest BCUT2D eigenvalue weighted by atomic mass is 32.2. The van der Waals surface area contributed by atoms with E-state index in [-0.39, 0.29) is 11.5 Å². The summed E-state index contributed by atoms with van der Waals surface area (Å²) in [5, 5.41) is 3.82. The average molecular weight is 441 g/mol. The lowest BCUT2D eigenvalue weighted by atomic mass is 10.2. The van der Waals surface area contributed by atoms with E-state index in [1.807, 2.05) is 18.2 Å². The fourth-order valence-corrected chi connectivity index (χ4v) is 6.33. The SMILES string of the molecule is O=C(CSCc1nc2sc3c(c2c(=O)[nH]1)CCC3)Nc1ccccc1N1CCCC1. The van der Waals surface area contributed by atoms with E-state index in [1.165, 1.54) is 35.0 Å². The number of rotatable bonds is 6. The molecule has 30 heavy (non-hydrogen) atoms. The van der Waals surface area contributed by atoms with Crippen LogP contribution in [0.2, 0.25) is 0 Å². The normalized spacial score (nSPS) is 15.7. The maximum Gasteiger partial charge on any atom is 0.259 e. The molecule has 0 bridgehead atoms. The second kappa shape index (κ2) is 8.43. The van der Waals surface area contributed by atoms with E-state index in [2.05, 4.69) is 26.3 Å². The van der Waals surface area contributed by atoms with Gasteiger partial charge in [0.25, 0.3) is 5.56 Å². The van der Waals surface area contributed by atoms with Crippen molar-refractivity contribution in [3.63, 3.8) is 0 Å². The summed E-state index contributed by atoms with van der Waals surface area (Å²) in [4.78, 5) is 37.1. The molecule has 8 heteroatoms. The highest BCUT2D eigenvalue weighted by Crippen LogP contribution is 2.34. The Morgan fingerprint density at radius 3 is 2.90 bits per heavy atom. The number of hydrogen-bond donors (Lipinski definition) is 2. The number of thioether (sulfide) groups is 1. The lowest BCUT2D eigenvalue weighted by Crippen LogP contribution is -2.21. The molecule has 5 rings (SSSR count). The molecule has 3 heterocycles. The summed E-state index contributed by atoms with van der Waals surface area (Å²) in [5.41, 5.74) is 3.11. The van der Waals surface area contributed by atoms with Gasteiger partial charge in [0.15, 0.2) is 0 Å². The number of aromatic nitrogens is 2. The quantitative estimate of drug-likeness (QED) is 0.607. The molecule has 0 spiro atoms. The molecule has 156 valence electrons. The minimum absolute atomic E-state index is 0.0369. The summed E-state index contributed by atoms with van der Waals surface area (Å²) < 4.78 is 0. The van der Waals surface area contributed by atoms with Gasteiger partial charge in [-0.1, -0.05) is 12.1 Å². The van der Waals surface area contributed by atoms with Gasteiger partial charge in [-0.2, -0.15) is 0 Å². The fourth-order valence-electron chi connectivity index (χ4n) is 4.36. The van der Waals surface area contributed by atoms with Crippen LogP contribution in [-0.2, 0) is 23.4 Å². The second-order valence-corrected chi connectivity index (χ2v) is 9.87. The van der Waals surface area contributed by atoms with Crippen molar-refractivity contribution in [1.82, 2.24) is 9.97 Å². The van der Waals surface area contributed by atoms with E-state index in [0.29, 0.717) is 17.3 Å². The number of nitrogens with one attached hydrogen (secondary N) is 2. The number of carbonyl (C=O) groups is 1. The van der Waals surface area contributed by atoms with E-state index in [4.69, 9.17) is 0 Å². The number of fused-ring (bicyclic) bond motifs is 3. The Morgan fingerprint density at radius 1 is 1.20 bits per heavy atom. The predicted molar refractivity (Wildman–Crippen MR) is 125 cm³/mol. The van der Waals surface area contributed by atoms with Crippen LogP contribution in [0.25, 0.3) is 10.2 Å². The number of para-hydroxylation sites is 2.